The molecule has 0 aliphatic carbocycles. The molecule has 0 spiro atoms. The molecule has 5 nitrogen and oxygen atoms in total. The molecular weight excluding hydrogens is 326 g/mol. The second-order valence-corrected chi connectivity index (χ2v) is 6.62. The van der Waals surface area contributed by atoms with E-state index >= 15 is 0 Å². The normalized spacial score (nSPS) is 12.9. The Hall–Kier alpha value is -2.66. The minimum Gasteiger partial charge on any atom is -0.356 e. The molecule has 0 bridgehead atoms. The van der Waals surface area contributed by atoms with Crippen LogP contribution < -0.4 is 16.4 Å². The van der Waals surface area contributed by atoms with Crippen molar-refractivity contribution >= 4 is 11.8 Å². The van der Waals surface area contributed by atoms with Crippen LogP contribution >= 0.6 is 0 Å². The highest BCUT2D eigenvalue weighted by molar-refractivity contribution is 5.94. The van der Waals surface area contributed by atoms with Crippen LogP contribution in [0.15, 0.2) is 54.6 Å². The number of carbonyl (C=O) groups is 2. The molecule has 2 unspecified atom stereocenters. The summed E-state index contributed by atoms with van der Waals surface area (Å²) in [6.07, 6.45) is 0.901. The monoisotopic (exact) mass is 353 g/mol. The van der Waals surface area contributed by atoms with E-state index in [0.29, 0.717) is 12.1 Å². The first-order valence-electron chi connectivity index (χ1n) is 8.90. The predicted molar refractivity (Wildman–Crippen MR) is 104 cm³/mol. The van der Waals surface area contributed by atoms with Gasteiger partial charge in [-0.2, -0.15) is 0 Å². The third-order valence-electron chi connectivity index (χ3n) is 4.13. The maximum atomic E-state index is 12.6. The lowest BCUT2D eigenvalue weighted by Gasteiger charge is -2.19. The third-order valence-corrected chi connectivity index (χ3v) is 4.13. The minimum absolute atomic E-state index is 0.0430. The summed E-state index contributed by atoms with van der Waals surface area (Å²) in [5, 5.41) is 5.84. The number of hydrogen-bond donors (Lipinski definition) is 3. The van der Waals surface area contributed by atoms with Crippen molar-refractivity contribution in [1.82, 2.24) is 10.6 Å². The zero-order valence-corrected chi connectivity index (χ0v) is 15.4. The number of carbonyl (C=O) groups excluding carboxylic acids is 2. The van der Waals surface area contributed by atoms with E-state index in [9.17, 15) is 9.59 Å². The van der Waals surface area contributed by atoms with Gasteiger partial charge in [0.05, 0.1) is 12.5 Å². The van der Waals surface area contributed by atoms with E-state index < -0.39 is 0 Å². The first-order chi connectivity index (χ1) is 12.5. The van der Waals surface area contributed by atoms with Crippen LogP contribution in [-0.2, 0) is 4.79 Å². The zero-order chi connectivity index (χ0) is 18.9. The summed E-state index contributed by atoms with van der Waals surface area (Å²) in [5.41, 5.74) is 8.27. The van der Waals surface area contributed by atoms with E-state index in [0.717, 1.165) is 17.5 Å². The van der Waals surface area contributed by atoms with Gasteiger partial charge in [0.25, 0.3) is 5.91 Å². The number of rotatable bonds is 8. The number of nitrogens with two attached hydrogens (primary N) is 1. The first-order valence-corrected chi connectivity index (χ1v) is 8.90. The molecule has 5 heteroatoms. The number of amides is 2. The molecule has 0 radical (unpaired) electrons. The highest BCUT2D eigenvalue weighted by Crippen LogP contribution is 2.17. The van der Waals surface area contributed by atoms with Gasteiger partial charge in [0.15, 0.2) is 0 Å². The van der Waals surface area contributed by atoms with Crippen LogP contribution in [0, 0.1) is 6.92 Å². The fraction of sp³-hybridized carbons (Fsp3) is 0.333. The maximum Gasteiger partial charge on any atom is 0.251 e. The van der Waals surface area contributed by atoms with E-state index in [1.165, 1.54) is 0 Å². The topological polar surface area (TPSA) is 84.2 Å². The van der Waals surface area contributed by atoms with Crippen molar-refractivity contribution in [2.45, 2.75) is 38.8 Å². The maximum absolute atomic E-state index is 12.6. The van der Waals surface area contributed by atoms with Gasteiger partial charge in [-0.25, -0.2) is 0 Å². The zero-order valence-electron chi connectivity index (χ0n) is 15.4. The molecule has 0 saturated carbocycles. The summed E-state index contributed by atoms with van der Waals surface area (Å²) >= 11 is 0. The first kappa shape index (κ1) is 19.7. The van der Waals surface area contributed by atoms with Crippen molar-refractivity contribution in [1.29, 1.82) is 0 Å². The average molecular weight is 353 g/mol. The fourth-order valence-electron chi connectivity index (χ4n) is 2.58. The van der Waals surface area contributed by atoms with Gasteiger partial charge in [0, 0.05) is 18.2 Å². The number of hydrogen-bond acceptors (Lipinski definition) is 3. The molecule has 0 aliphatic rings. The molecule has 2 atom stereocenters. The molecule has 2 aromatic rings. The van der Waals surface area contributed by atoms with Gasteiger partial charge >= 0.3 is 0 Å². The fourth-order valence-corrected chi connectivity index (χ4v) is 2.58. The van der Waals surface area contributed by atoms with Crippen molar-refractivity contribution in [3.63, 3.8) is 0 Å². The summed E-state index contributed by atoms with van der Waals surface area (Å²) in [5.74, 6) is -0.300. The lowest BCUT2D eigenvalue weighted by Crippen LogP contribution is -2.35. The van der Waals surface area contributed by atoms with Gasteiger partial charge < -0.3 is 16.4 Å². The average Bonchev–Trinajstić information content (AvgIpc) is 2.62. The summed E-state index contributed by atoms with van der Waals surface area (Å²) in [4.78, 5) is 24.8. The molecule has 0 fully saturated rings. The smallest absolute Gasteiger partial charge is 0.251 e. The molecule has 138 valence electrons. The van der Waals surface area contributed by atoms with Gasteiger partial charge in [0.1, 0.15) is 0 Å². The molecule has 2 aromatic carbocycles. The van der Waals surface area contributed by atoms with Crippen LogP contribution in [0.2, 0.25) is 0 Å². The van der Waals surface area contributed by atoms with Crippen molar-refractivity contribution < 1.29 is 9.59 Å². The molecule has 2 amide bonds. The van der Waals surface area contributed by atoms with E-state index in [-0.39, 0.29) is 30.3 Å². The van der Waals surface area contributed by atoms with Crippen molar-refractivity contribution in [3.8, 4) is 0 Å². The molecular formula is C21H27N3O2. The lowest BCUT2D eigenvalue weighted by molar-refractivity contribution is -0.121. The van der Waals surface area contributed by atoms with Gasteiger partial charge in [-0.1, -0.05) is 48.0 Å². The molecule has 0 aliphatic heterocycles. The Balaban J connectivity index is 2.05. The number of benzene rings is 2. The van der Waals surface area contributed by atoms with Crippen molar-refractivity contribution in [3.05, 3.63) is 71.3 Å². The Morgan fingerprint density at radius 1 is 1.04 bits per heavy atom. The Morgan fingerprint density at radius 3 is 2.31 bits per heavy atom. The molecule has 26 heavy (non-hydrogen) atoms. The summed E-state index contributed by atoms with van der Waals surface area (Å²) in [6.45, 7) is 4.41. The van der Waals surface area contributed by atoms with Gasteiger partial charge in [-0.05, 0) is 38.0 Å². The quantitative estimate of drug-likeness (QED) is 0.682. The molecule has 0 aromatic heterocycles. The predicted octanol–water partition coefficient (Wildman–Crippen LogP) is 2.71. The standard InChI is InChI=1S/C21H27N3O2/c1-15-8-10-18(11-9-15)21(26)24-19(17-6-4-3-5-7-17)14-20(25)23-13-12-16(2)22/h3-11,16,19H,12-14,22H2,1-2H3,(H,23,25)(H,24,26). The molecule has 2 rings (SSSR count). The lowest BCUT2D eigenvalue weighted by atomic mass is 10.0. The SMILES string of the molecule is Cc1ccc(C(=O)NC(CC(=O)NCCC(C)N)c2ccccc2)cc1. The van der Waals surface area contributed by atoms with E-state index in [2.05, 4.69) is 10.6 Å². The van der Waals surface area contributed by atoms with Crippen LogP contribution in [0.1, 0.15) is 47.3 Å². The molecule has 0 saturated heterocycles. The Morgan fingerprint density at radius 2 is 1.69 bits per heavy atom. The van der Waals surface area contributed by atoms with Crippen LogP contribution in [0.25, 0.3) is 0 Å². The highest BCUT2D eigenvalue weighted by atomic mass is 16.2. The summed E-state index contributed by atoms with van der Waals surface area (Å²) < 4.78 is 0. The van der Waals surface area contributed by atoms with Crippen LogP contribution in [0.4, 0.5) is 0 Å². The van der Waals surface area contributed by atoms with Crippen molar-refractivity contribution in [2.24, 2.45) is 5.73 Å². The van der Waals surface area contributed by atoms with E-state index in [1.807, 2.05) is 56.3 Å². The van der Waals surface area contributed by atoms with Crippen LogP contribution in [0.3, 0.4) is 0 Å². The van der Waals surface area contributed by atoms with Crippen LogP contribution in [-0.4, -0.2) is 24.4 Å². The third kappa shape index (κ3) is 6.33. The number of aryl methyl sites for hydroxylation is 1. The van der Waals surface area contributed by atoms with Gasteiger partial charge in [-0.15, -0.1) is 0 Å². The Bertz CT molecular complexity index is 712. The van der Waals surface area contributed by atoms with Crippen molar-refractivity contribution in [2.75, 3.05) is 6.54 Å². The van der Waals surface area contributed by atoms with Gasteiger partial charge in [-0.3, -0.25) is 9.59 Å². The van der Waals surface area contributed by atoms with E-state index in [1.54, 1.807) is 12.1 Å². The van der Waals surface area contributed by atoms with Gasteiger partial charge in [0.2, 0.25) is 5.91 Å². The number of nitrogens with one attached hydrogen (secondary N) is 2. The largest absolute Gasteiger partial charge is 0.356 e. The summed E-state index contributed by atoms with van der Waals surface area (Å²) in [7, 11) is 0. The second kappa shape index (κ2) is 9.73. The Kier molecular flexibility index (Phi) is 7.36. The van der Waals surface area contributed by atoms with E-state index in [4.69, 9.17) is 5.73 Å². The summed E-state index contributed by atoms with van der Waals surface area (Å²) in [6, 6.07) is 16.5. The highest BCUT2D eigenvalue weighted by Gasteiger charge is 2.19. The second-order valence-electron chi connectivity index (χ2n) is 6.62. The molecule has 4 N–H and O–H groups in total. The molecule has 0 heterocycles. The Labute approximate surface area is 155 Å². The van der Waals surface area contributed by atoms with Crippen LogP contribution in [0.5, 0.6) is 0 Å². The minimum atomic E-state index is -0.389.